The Hall–Kier alpha value is -1.72. The zero-order valence-electron chi connectivity index (χ0n) is 14.2. The molecule has 1 aromatic heterocycles. The molecule has 1 saturated heterocycles. The van der Waals surface area contributed by atoms with Gasteiger partial charge in [0.15, 0.2) is 5.82 Å². The average Bonchev–Trinajstić information content (AvgIpc) is 2.92. The van der Waals surface area contributed by atoms with E-state index in [0.29, 0.717) is 18.9 Å². The van der Waals surface area contributed by atoms with Gasteiger partial charge in [0, 0.05) is 25.6 Å². The minimum atomic E-state index is 0.127. The van der Waals surface area contributed by atoms with Gasteiger partial charge in [0.2, 0.25) is 5.89 Å². The molecule has 2 aromatic rings. The second-order valence-corrected chi connectivity index (χ2v) is 7.30. The Kier molecular flexibility index (Phi) is 4.50. The van der Waals surface area contributed by atoms with Crippen molar-refractivity contribution in [2.45, 2.75) is 46.2 Å². The summed E-state index contributed by atoms with van der Waals surface area (Å²) in [5.74, 6) is 1.45. The van der Waals surface area contributed by atoms with Crippen LogP contribution in [0, 0.1) is 12.3 Å². The van der Waals surface area contributed by atoms with E-state index in [1.54, 1.807) is 0 Å². The number of nitrogens with two attached hydrogens (primary N) is 1. The highest BCUT2D eigenvalue weighted by molar-refractivity contribution is 5.27. The van der Waals surface area contributed by atoms with E-state index in [4.69, 9.17) is 10.3 Å². The number of likely N-dealkylation sites (tertiary alicyclic amines) is 1. The summed E-state index contributed by atoms with van der Waals surface area (Å²) in [7, 11) is 0. The SMILES string of the molecule is Cc1ccccc1Cc1noc(CN2CCC(N)C(C)(C)C2)n1. The molecule has 1 atom stereocenters. The van der Waals surface area contributed by atoms with Crippen molar-refractivity contribution in [2.75, 3.05) is 13.1 Å². The van der Waals surface area contributed by atoms with Gasteiger partial charge in [-0.05, 0) is 29.9 Å². The Balaban J connectivity index is 1.63. The first-order chi connectivity index (χ1) is 10.9. The van der Waals surface area contributed by atoms with Crippen LogP contribution in [0.5, 0.6) is 0 Å². The monoisotopic (exact) mass is 314 g/mol. The van der Waals surface area contributed by atoms with Crippen LogP contribution in [0.3, 0.4) is 0 Å². The van der Waals surface area contributed by atoms with Crippen LogP contribution >= 0.6 is 0 Å². The summed E-state index contributed by atoms with van der Waals surface area (Å²) in [5, 5.41) is 4.13. The van der Waals surface area contributed by atoms with Crippen molar-refractivity contribution in [1.82, 2.24) is 15.0 Å². The molecule has 0 spiro atoms. The predicted octanol–water partition coefficient (Wildman–Crippen LogP) is 2.53. The average molecular weight is 314 g/mol. The lowest BCUT2D eigenvalue weighted by atomic mass is 9.80. The maximum absolute atomic E-state index is 6.19. The van der Waals surface area contributed by atoms with Gasteiger partial charge in [-0.25, -0.2) is 0 Å². The van der Waals surface area contributed by atoms with Gasteiger partial charge in [0.25, 0.3) is 0 Å². The fraction of sp³-hybridized carbons (Fsp3) is 0.556. The molecule has 1 aliphatic rings. The van der Waals surface area contributed by atoms with E-state index in [1.165, 1.54) is 11.1 Å². The lowest BCUT2D eigenvalue weighted by Gasteiger charge is -2.42. The quantitative estimate of drug-likeness (QED) is 0.939. The Morgan fingerprint density at radius 2 is 2.13 bits per heavy atom. The molecule has 1 aromatic carbocycles. The Bertz CT molecular complexity index is 665. The first kappa shape index (κ1) is 16.1. The smallest absolute Gasteiger partial charge is 0.240 e. The Morgan fingerprint density at radius 1 is 1.35 bits per heavy atom. The van der Waals surface area contributed by atoms with E-state index in [9.17, 15) is 0 Å². The number of rotatable bonds is 4. The first-order valence-electron chi connectivity index (χ1n) is 8.28. The van der Waals surface area contributed by atoms with Crippen LogP contribution in [0.4, 0.5) is 0 Å². The van der Waals surface area contributed by atoms with Crippen LogP contribution in [0.15, 0.2) is 28.8 Å². The van der Waals surface area contributed by atoms with Gasteiger partial charge in [0.1, 0.15) is 0 Å². The summed E-state index contributed by atoms with van der Waals surface area (Å²) in [6.07, 6.45) is 1.73. The van der Waals surface area contributed by atoms with Crippen molar-refractivity contribution in [3.8, 4) is 0 Å². The van der Waals surface area contributed by atoms with Gasteiger partial charge in [-0.2, -0.15) is 4.98 Å². The molecule has 1 fully saturated rings. The topological polar surface area (TPSA) is 68.2 Å². The van der Waals surface area contributed by atoms with Crippen LogP contribution in [-0.4, -0.2) is 34.2 Å². The normalized spacial score (nSPS) is 21.5. The third-order valence-corrected chi connectivity index (χ3v) is 4.87. The van der Waals surface area contributed by atoms with Crippen molar-refractivity contribution in [3.05, 3.63) is 47.1 Å². The molecule has 2 N–H and O–H groups in total. The molecular formula is C18H26N4O. The fourth-order valence-corrected chi connectivity index (χ4v) is 3.22. The van der Waals surface area contributed by atoms with Gasteiger partial charge < -0.3 is 10.3 Å². The van der Waals surface area contributed by atoms with Crippen molar-refractivity contribution >= 4 is 0 Å². The van der Waals surface area contributed by atoms with Crippen molar-refractivity contribution in [1.29, 1.82) is 0 Å². The van der Waals surface area contributed by atoms with Gasteiger partial charge >= 0.3 is 0 Å². The van der Waals surface area contributed by atoms with Gasteiger partial charge in [0.05, 0.1) is 6.54 Å². The minimum absolute atomic E-state index is 0.127. The van der Waals surface area contributed by atoms with Crippen molar-refractivity contribution in [2.24, 2.45) is 11.1 Å². The van der Waals surface area contributed by atoms with Crippen molar-refractivity contribution in [3.63, 3.8) is 0 Å². The summed E-state index contributed by atoms with van der Waals surface area (Å²) >= 11 is 0. The molecule has 0 aliphatic carbocycles. The predicted molar refractivity (Wildman–Crippen MR) is 89.9 cm³/mol. The van der Waals surface area contributed by atoms with Crippen LogP contribution in [0.25, 0.3) is 0 Å². The Labute approximate surface area is 137 Å². The Morgan fingerprint density at radius 3 is 2.87 bits per heavy atom. The number of hydrogen-bond acceptors (Lipinski definition) is 5. The van der Waals surface area contributed by atoms with Gasteiger partial charge in [-0.15, -0.1) is 0 Å². The first-order valence-corrected chi connectivity index (χ1v) is 8.28. The molecule has 5 heteroatoms. The summed E-state index contributed by atoms with van der Waals surface area (Å²) < 4.78 is 5.44. The van der Waals surface area contributed by atoms with Crippen LogP contribution in [-0.2, 0) is 13.0 Å². The fourth-order valence-electron chi connectivity index (χ4n) is 3.22. The molecule has 23 heavy (non-hydrogen) atoms. The number of hydrogen-bond donors (Lipinski definition) is 1. The summed E-state index contributed by atoms with van der Waals surface area (Å²) in [5.41, 5.74) is 8.82. The highest BCUT2D eigenvalue weighted by Crippen LogP contribution is 2.28. The zero-order valence-corrected chi connectivity index (χ0v) is 14.2. The maximum atomic E-state index is 6.19. The third-order valence-electron chi connectivity index (χ3n) is 4.87. The van der Waals surface area contributed by atoms with E-state index < -0.39 is 0 Å². The molecule has 5 nitrogen and oxygen atoms in total. The summed E-state index contributed by atoms with van der Waals surface area (Å²) in [6.45, 7) is 9.21. The highest BCUT2D eigenvalue weighted by Gasteiger charge is 2.33. The van der Waals surface area contributed by atoms with E-state index in [2.05, 4.69) is 47.9 Å². The van der Waals surface area contributed by atoms with E-state index in [0.717, 1.165) is 25.3 Å². The second kappa shape index (κ2) is 6.42. The molecule has 3 rings (SSSR count). The molecule has 1 aliphatic heterocycles. The largest absolute Gasteiger partial charge is 0.338 e. The number of piperidine rings is 1. The van der Waals surface area contributed by atoms with Gasteiger partial charge in [-0.3, -0.25) is 4.90 Å². The van der Waals surface area contributed by atoms with Crippen LogP contribution in [0.1, 0.15) is 43.1 Å². The standard InChI is InChI=1S/C18H26N4O/c1-13-6-4-5-7-14(13)10-16-20-17(23-21-16)11-22-9-8-15(19)18(2,3)12-22/h4-7,15H,8-12,19H2,1-3H3. The number of aromatic nitrogens is 2. The number of nitrogens with zero attached hydrogens (tertiary/aromatic N) is 3. The minimum Gasteiger partial charge on any atom is -0.338 e. The molecule has 0 saturated carbocycles. The van der Waals surface area contributed by atoms with Gasteiger partial charge in [-0.1, -0.05) is 43.3 Å². The summed E-state index contributed by atoms with van der Waals surface area (Å²) in [6, 6.07) is 8.57. The van der Waals surface area contributed by atoms with E-state index >= 15 is 0 Å². The lowest BCUT2D eigenvalue weighted by molar-refractivity contribution is 0.0811. The second-order valence-electron chi connectivity index (χ2n) is 7.30. The molecule has 0 radical (unpaired) electrons. The number of benzene rings is 1. The zero-order chi connectivity index (χ0) is 16.4. The molecular weight excluding hydrogens is 288 g/mol. The number of aryl methyl sites for hydroxylation is 1. The highest BCUT2D eigenvalue weighted by atomic mass is 16.5. The molecule has 1 unspecified atom stereocenters. The van der Waals surface area contributed by atoms with Crippen LogP contribution < -0.4 is 5.73 Å². The summed E-state index contributed by atoms with van der Waals surface area (Å²) in [4.78, 5) is 6.91. The van der Waals surface area contributed by atoms with E-state index in [1.807, 2.05) is 12.1 Å². The molecule has 0 amide bonds. The van der Waals surface area contributed by atoms with Crippen molar-refractivity contribution < 1.29 is 4.52 Å². The maximum Gasteiger partial charge on any atom is 0.240 e. The van der Waals surface area contributed by atoms with Crippen LogP contribution in [0.2, 0.25) is 0 Å². The van der Waals surface area contributed by atoms with E-state index in [-0.39, 0.29) is 11.5 Å². The molecule has 0 bridgehead atoms. The third kappa shape index (κ3) is 3.79. The molecule has 2 heterocycles. The lowest BCUT2D eigenvalue weighted by Crippen LogP contribution is -2.52. The molecule has 124 valence electrons.